The molecular formula is C10H21NO3S. The Hall–Kier alpha value is -0.420. The molecule has 1 amide bonds. The summed E-state index contributed by atoms with van der Waals surface area (Å²) in [6.07, 6.45) is -0.299. The molecule has 0 saturated heterocycles. The van der Waals surface area contributed by atoms with E-state index in [2.05, 4.69) is 0 Å². The molecule has 0 fully saturated rings. The fourth-order valence-electron chi connectivity index (χ4n) is 0.799. The molecular weight excluding hydrogens is 214 g/mol. The summed E-state index contributed by atoms with van der Waals surface area (Å²) >= 11 is 1.62. The van der Waals surface area contributed by atoms with E-state index in [4.69, 9.17) is 9.84 Å². The number of carbonyl (C=O) groups is 1. The average molecular weight is 235 g/mol. The molecule has 0 radical (unpaired) electrons. The highest BCUT2D eigenvalue weighted by molar-refractivity contribution is 7.99. The van der Waals surface area contributed by atoms with Gasteiger partial charge in [-0.3, -0.25) is 0 Å². The molecule has 0 heterocycles. The highest BCUT2D eigenvalue weighted by Crippen LogP contribution is 2.09. The normalized spacial score (nSPS) is 11.3. The maximum Gasteiger partial charge on any atom is 0.410 e. The first-order chi connectivity index (χ1) is 6.87. The second kappa shape index (κ2) is 6.95. The van der Waals surface area contributed by atoms with Gasteiger partial charge in [-0.25, -0.2) is 4.79 Å². The quantitative estimate of drug-likeness (QED) is 0.735. The van der Waals surface area contributed by atoms with E-state index in [1.165, 1.54) is 0 Å². The Labute approximate surface area is 96.0 Å². The van der Waals surface area contributed by atoms with Crippen LogP contribution in [0, 0.1) is 0 Å². The number of aliphatic hydroxyl groups excluding tert-OH is 1. The molecule has 15 heavy (non-hydrogen) atoms. The molecule has 0 aliphatic carbocycles. The van der Waals surface area contributed by atoms with Crippen LogP contribution < -0.4 is 0 Å². The number of aliphatic hydroxyl groups is 1. The molecule has 5 heteroatoms. The first kappa shape index (κ1) is 14.6. The highest BCUT2D eigenvalue weighted by Gasteiger charge is 2.18. The Morgan fingerprint density at radius 3 is 2.47 bits per heavy atom. The van der Waals surface area contributed by atoms with Gasteiger partial charge in [0.1, 0.15) is 5.60 Å². The van der Waals surface area contributed by atoms with Gasteiger partial charge in [-0.15, -0.1) is 0 Å². The van der Waals surface area contributed by atoms with Gasteiger partial charge < -0.3 is 14.7 Å². The molecule has 0 aromatic carbocycles. The van der Waals surface area contributed by atoms with E-state index >= 15 is 0 Å². The van der Waals surface area contributed by atoms with Gasteiger partial charge in [0.25, 0.3) is 0 Å². The van der Waals surface area contributed by atoms with Crippen LogP contribution in [0.4, 0.5) is 4.79 Å². The highest BCUT2D eigenvalue weighted by atomic mass is 32.2. The number of ether oxygens (including phenoxy) is 1. The Morgan fingerprint density at radius 2 is 2.00 bits per heavy atom. The zero-order chi connectivity index (χ0) is 11.9. The van der Waals surface area contributed by atoms with E-state index in [-0.39, 0.29) is 12.7 Å². The van der Waals surface area contributed by atoms with Crippen molar-refractivity contribution in [2.45, 2.75) is 26.4 Å². The number of hydrogen-bond acceptors (Lipinski definition) is 4. The lowest BCUT2D eigenvalue weighted by Crippen LogP contribution is -2.35. The first-order valence-corrected chi connectivity index (χ1v) is 6.15. The fourth-order valence-corrected chi connectivity index (χ4v) is 1.54. The molecule has 0 aliphatic rings. The predicted octanol–water partition coefficient (Wildman–Crippen LogP) is 1.58. The first-order valence-electron chi connectivity index (χ1n) is 4.99. The summed E-state index contributed by atoms with van der Waals surface area (Å²) in [7, 11) is 1.72. The van der Waals surface area contributed by atoms with Crippen LogP contribution in [0.1, 0.15) is 20.8 Å². The van der Waals surface area contributed by atoms with Gasteiger partial charge in [-0.2, -0.15) is 11.8 Å². The van der Waals surface area contributed by atoms with Crippen LogP contribution in [0.5, 0.6) is 0 Å². The van der Waals surface area contributed by atoms with Crippen LogP contribution >= 0.6 is 11.8 Å². The minimum absolute atomic E-state index is 0.181. The second-order valence-electron chi connectivity index (χ2n) is 4.24. The number of nitrogens with zero attached hydrogens (tertiary/aromatic N) is 1. The second-order valence-corrected chi connectivity index (χ2v) is 5.46. The zero-order valence-corrected chi connectivity index (χ0v) is 10.8. The smallest absolute Gasteiger partial charge is 0.410 e. The van der Waals surface area contributed by atoms with Gasteiger partial charge >= 0.3 is 6.09 Å². The van der Waals surface area contributed by atoms with Gasteiger partial charge in [0.15, 0.2) is 0 Å². The van der Waals surface area contributed by atoms with Crippen LogP contribution in [0.25, 0.3) is 0 Å². The summed E-state index contributed by atoms with van der Waals surface area (Å²) < 4.78 is 5.18. The topological polar surface area (TPSA) is 49.8 Å². The van der Waals surface area contributed by atoms with Crippen LogP contribution in [0.2, 0.25) is 0 Å². The largest absolute Gasteiger partial charge is 0.444 e. The minimum atomic E-state index is -0.441. The van der Waals surface area contributed by atoms with Crippen LogP contribution in [-0.2, 0) is 4.74 Å². The molecule has 0 aliphatic heterocycles. The van der Waals surface area contributed by atoms with Gasteiger partial charge in [0, 0.05) is 25.1 Å². The molecule has 0 spiro atoms. The van der Waals surface area contributed by atoms with Crippen molar-refractivity contribution < 1.29 is 14.6 Å². The van der Waals surface area contributed by atoms with Gasteiger partial charge in [0.2, 0.25) is 0 Å². The third-order valence-corrected chi connectivity index (χ3v) is 2.45. The summed E-state index contributed by atoms with van der Waals surface area (Å²) in [6.45, 7) is 6.36. The molecule has 0 unspecified atom stereocenters. The number of hydrogen-bond donors (Lipinski definition) is 1. The third-order valence-electron chi connectivity index (χ3n) is 1.51. The Balaban J connectivity index is 3.70. The Kier molecular flexibility index (Phi) is 6.76. The Bertz CT molecular complexity index is 192. The summed E-state index contributed by atoms with van der Waals surface area (Å²) in [6, 6.07) is 0. The predicted molar refractivity (Wildman–Crippen MR) is 63.3 cm³/mol. The van der Waals surface area contributed by atoms with E-state index in [1.54, 1.807) is 23.7 Å². The van der Waals surface area contributed by atoms with Crippen LogP contribution in [0.3, 0.4) is 0 Å². The van der Waals surface area contributed by atoms with Gasteiger partial charge in [-0.05, 0) is 20.8 Å². The lowest BCUT2D eigenvalue weighted by Gasteiger charge is -2.24. The summed E-state index contributed by atoms with van der Waals surface area (Å²) in [5.41, 5.74) is -0.441. The number of rotatable bonds is 5. The van der Waals surface area contributed by atoms with E-state index in [9.17, 15) is 4.79 Å². The molecule has 4 nitrogen and oxygen atoms in total. The molecule has 0 atom stereocenters. The van der Waals surface area contributed by atoms with Crippen molar-refractivity contribution in [3.05, 3.63) is 0 Å². The molecule has 1 N–H and O–H groups in total. The lowest BCUT2D eigenvalue weighted by atomic mass is 10.2. The van der Waals surface area contributed by atoms with Crippen molar-refractivity contribution in [1.82, 2.24) is 4.90 Å². The molecule has 0 saturated carbocycles. The monoisotopic (exact) mass is 235 g/mol. The van der Waals surface area contributed by atoms with E-state index in [1.807, 2.05) is 20.8 Å². The fraction of sp³-hybridized carbons (Fsp3) is 0.900. The third kappa shape index (κ3) is 8.57. The van der Waals surface area contributed by atoms with Crippen molar-refractivity contribution >= 4 is 17.9 Å². The lowest BCUT2D eigenvalue weighted by molar-refractivity contribution is 0.0309. The van der Waals surface area contributed by atoms with Crippen LogP contribution in [-0.4, -0.2) is 53.4 Å². The zero-order valence-electron chi connectivity index (χ0n) is 9.95. The number of amides is 1. The van der Waals surface area contributed by atoms with Crippen molar-refractivity contribution in [3.63, 3.8) is 0 Å². The maximum absolute atomic E-state index is 11.5. The molecule has 0 bridgehead atoms. The van der Waals surface area contributed by atoms with E-state index in [0.29, 0.717) is 12.3 Å². The number of carbonyl (C=O) groups excluding carboxylic acids is 1. The Morgan fingerprint density at radius 1 is 1.40 bits per heavy atom. The van der Waals surface area contributed by atoms with Crippen molar-refractivity contribution in [3.8, 4) is 0 Å². The van der Waals surface area contributed by atoms with Crippen molar-refractivity contribution in [1.29, 1.82) is 0 Å². The molecule has 0 rings (SSSR count). The van der Waals surface area contributed by atoms with E-state index in [0.717, 1.165) is 5.75 Å². The average Bonchev–Trinajstić information content (AvgIpc) is 2.09. The summed E-state index contributed by atoms with van der Waals surface area (Å²) in [4.78, 5) is 13.0. The van der Waals surface area contributed by atoms with Gasteiger partial charge in [0.05, 0.1) is 6.61 Å². The standard InChI is InChI=1S/C10H21NO3S/c1-10(2,3)14-9(13)11(4)5-7-15-8-6-12/h12H,5-8H2,1-4H3. The SMILES string of the molecule is CN(CCSCCO)C(=O)OC(C)(C)C. The maximum atomic E-state index is 11.5. The van der Waals surface area contributed by atoms with E-state index < -0.39 is 5.60 Å². The summed E-state index contributed by atoms with van der Waals surface area (Å²) in [5.74, 6) is 1.53. The van der Waals surface area contributed by atoms with Crippen molar-refractivity contribution in [2.75, 3.05) is 31.7 Å². The van der Waals surface area contributed by atoms with Crippen molar-refractivity contribution in [2.24, 2.45) is 0 Å². The van der Waals surface area contributed by atoms with Gasteiger partial charge in [-0.1, -0.05) is 0 Å². The molecule has 90 valence electrons. The molecule has 0 aromatic heterocycles. The molecule has 0 aromatic rings. The minimum Gasteiger partial charge on any atom is -0.444 e. The number of thioether (sulfide) groups is 1. The van der Waals surface area contributed by atoms with Crippen LogP contribution in [0.15, 0.2) is 0 Å². The summed E-state index contributed by atoms with van der Waals surface area (Å²) in [5, 5.41) is 8.57.